The first kappa shape index (κ1) is 14.3. The van der Waals surface area contributed by atoms with E-state index in [0.29, 0.717) is 34.2 Å². The highest BCUT2D eigenvalue weighted by atomic mass is 32.1. The second kappa shape index (κ2) is 6.03. The number of carbonyl (C=O) groups is 1. The normalized spacial score (nSPS) is 12.0. The average Bonchev–Trinajstić information content (AvgIpc) is 2.94. The van der Waals surface area contributed by atoms with Gasteiger partial charge in [-0.2, -0.15) is 0 Å². The third-order valence-corrected chi connectivity index (χ3v) is 3.34. The van der Waals surface area contributed by atoms with E-state index in [1.165, 1.54) is 0 Å². The molecule has 0 bridgehead atoms. The summed E-state index contributed by atoms with van der Waals surface area (Å²) in [5.74, 6) is 1.10. The Bertz CT molecular complexity index is 746. The van der Waals surface area contributed by atoms with Crippen LogP contribution in [-0.4, -0.2) is 17.7 Å². The number of anilines is 1. The maximum Gasteiger partial charge on any atom is 0.255 e. The number of amides is 1. The minimum absolute atomic E-state index is 0.202. The fraction of sp³-hybridized carbons (Fsp3) is 0.125. The van der Waals surface area contributed by atoms with Gasteiger partial charge in [-0.05, 0) is 29.8 Å². The Kier molecular flexibility index (Phi) is 3.93. The van der Waals surface area contributed by atoms with E-state index in [4.69, 9.17) is 27.4 Å². The van der Waals surface area contributed by atoms with Crippen molar-refractivity contribution in [3.8, 4) is 11.5 Å². The van der Waals surface area contributed by atoms with E-state index in [1.807, 2.05) is 12.1 Å². The number of ether oxygens (including phenoxy) is 2. The lowest BCUT2D eigenvalue weighted by atomic mass is 10.1. The molecule has 0 radical (unpaired) electrons. The standard InChI is InChI=1S/C16H14N2O3S/c17-15(22)7-10-2-1-3-11(6-10)16(19)18-12-4-5-13-14(8-12)21-9-20-13/h1-6,8H,7,9H2,(H2,17,22)(H,18,19). The van der Waals surface area contributed by atoms with Crippen molar-refractivity contribution in [2.24, 2.45) is 5.73 Å². The summed E-state index contributed by atoms with van der Waals surface area (Å²) in [7, 11) is 0. The third-order valence-electron chi connectivity index (χ3n) is 3.20. The predicted octanol–water partition coefficient (Wildman–Crippen LogP) is 2.50. The molecule has 1 aliphatic heterocycles. The van der Waals surface area contributed by atoms with Gasteiger partial charge in [0.25, 0.3) is 5.91 Å². The quantitative estimate of drug-likeness (QED) is 0.848. The smallest absolute Gasteiger partial charge is 0.255 e. The zero-order valence-electron chi connectivity index (χ0n) is 11.7. The lowest BCUT2D eigenvalue weighted by Crippen LogP contribution is -2.14. The van der Waals surface area contributed by atoms with Gasteiger partial charge in [0, 0.05) is 23.7 Å². The summed E-state index contributed by atoms with van der Waals surface area (Å²) in [5, 5.41) is 2.83. The Hall–Kier alpha value is -2.60. The van der Waals surface area contributed by atoms with Crippen LogP contribution in [-0.2, 0) is 6.42 Å². The second-order valence-electron chi connectivity index (χ2n) is 4.87. The molecule has 1 aliphatic rings. The van der Waals surface area contributed by atoms with Gasteiger partial charge < -0.3 is 20.5 Å². The fourth-order valence-electron chi connectivity index (χ4n) is 2.20. The van der Waals surface area contributed by atoms with Crippen molar-refractivity contribution in [3.05, 3.63) is 53.6 Å². The number of rotatable bonds is 4. The summed E-state index contributed by atoms with van der Waals surface area (Å²) in [6.07, 6.45) is 0.473. The number of nitrogens with two attached hydrogens (primary N) is 1. The molecule has 1 amide bonds. The van der Waals surface area contributed by atoms with Crippen molar-refractivity contribution in [1.29, 1.82) is 0 Å². The molecule has 2 aromatic rings. The monoisotopic (exact) mass is 314 g/mol. The highest BCUT2D eigenvalue weighted by molar-refractivity contribution is 7.80. The fourth-order valence-corrected chi connectivity index (χ4v) is 2.37. The summed E-state index contributed by atoms with van der Waals surface area (Å²) in [4.78, 5) is 12.7. The first-order valence-electron chi connectivity index (χ1n) is 6.70. The Balaban J connectivity index is 1.75. The lowest BCUT2D eigenvalue weighted by Gasteiger charge is -2.07. The second-order valence-corrected chi connectivity index (χ2v) is 5.39. The van der Waals surface area contributed by atoms with Gasteiger partial charge in [0.05, 0.1) is 4.99 Å². The van der Waals surface area contributed by atoms with Gasteiger partial charge in [0.1, 0.15) is 0 Å². The Labute approximate surface area is 133 Å². The highest BCUT2D eigenvalue weighted by Crippen LogP contribution is 2.34. The lowest BCUT2D eigenvalue weighted by molar-refractivity contribution is 0.102. The van der Waals surface area contributed by atoms with Crippen molar-refractivity contribution in [3.63, 3.8) is 0 Å². The zero-order chi connectivity index (χ0) is 15.5. The van der Waals surface area contributed by atoms with E-state index in [9.17, 15) is 4.79 Å². The maximum absolute atomic E-state index is 12.3. The van der Waals surface area contributed by atoms with Crippen molar-refractivity contribution in [2.75, 3.05) is 12.1 Å². The summed E-state index contributed by atoms with van der Waals surface area (Å²) in [6.45, 7) is 0.202. The molecule has 0 atom stereocenters. The van der Waals surface area contributed by atoms with Gasteiger partial charge in [-0.25, -0.2) is 0 Å². The molecule has 0 aliphatic carbocycles. The number of hydrogen-bond acceptors (Lipinski definition) is 4. The molecule has 2 aromatic carbocycles. The molecular weight excluding hydrogens is 300 g/mol. The van der Waals surface area contributed by atoms with Crippen LogP contribution >= 0.6 is 12.2 Å². The average molecular weight is 314 g/mol. The van der Waals surface area contributed by atoms with Crippen molar-refractivity contribution in [1.82, 2.24) is 0 Å². The van der Waals surface area contributed by atoms with Crippen LogP contribution in [0.3, 0.4) is 0 Å². The molecule has 5 nitrogen and oxygen atoms in total. The van der Waals surface area contributed by atoms with Crippen LogP contribution in [0.5, 0.6) is 11.5 Å². The first-order valence-corrected chi connectivity index (χ1v) is 7.11. The molecule has 0 saturated heterocycles. The molecule has 22 heavy (non-hydrogen) atoms. The summed E-state index contributed by atoms with van der Waals surface area (Å²) < 4.78 is 10.5. The molecule has 112 valence electrons. The van der Waals surface area contributed by atoms with E-state index in [0.717, 1.165) is 5.56 Å². The van der Waals surface area contributed by atoms with E-state index in [-0.39, 0.29) is 12.7 Å². The largest absolute Gasteiger partial charge is 0.454 e. The van der Waals surface area contributed by atoms with Crippen LogP contribution in [0, 0.1) is 0 Å². The van der Waals surface area contributed by atoms with Crippen LogP contribution < -0.4 is 20.5 Å². The maximum atomic E-state index is 12.3. The minimum Gasteiger partial charge on any atom is -0.454 e. The van der Waals surface area contributed by atoms with E-state index >= 15 is 0 Å². The highest BCUT2D eigenvalue weighted by Gasteiger charge is 2.14. The minimum atomic E-state index is -0.205. The van der Waals surface area contributed by atoms with Gasteiger partial charge in [0.2, 0.25) is 6.79 Å². The number of thiocarbonyl (C=S) groups is 1. The van der Waals surface area contributed by atoms with Gasteiger partial charge >= 0.3 is 0 Å². The van der Waals surface area contributed by atoms with Crippen molar-refractivity contribution in [2.45, 2.75) is 6.42 Å². The predicted molar refractivity (Wildman–Crippen MR) is 87.4 cm³/mol. The SMILES string of the molecule is NC(=S)Cc1cccc(C(=O)Nc2ccc3c(c2)OCO3)c1. The van der Waals surface area contributed by atoms with E-state index in [1.54, 1.807) is 30.3 Å². The Morgan fingerprint density at radius 1 is 1.18 bits per heavy atom. The summed E-state index contributed by atoms with van der Waals surface area (Å²) >= 11 is 4.89. The molecule has 3 N–H and O–H groups in total. The third kappa shape index (κ3) is 3.17. The van der Waals surface area contributed by atoms with Crippen molar-refractivity contribution < 1.29 is 14.3 Å². The number of hydrogen-bond donors (Lipinski definition) is 2. The van der Waals surface area contributed by atoms with Crippen LogP contribution in [0.2, 0.25) is 0 Å². The molecule has 3 rings (SSSR count). The molecule has 0 unspecified atom stereocenters. The number of nitrogens with one attached hydrogen (secondary N) is 1. The van der Waals surface area contributed by atoms with E-state index in [2.05, 4.69) is 5.32 Å². The first-order chi connectivity index (χ1) is 10.6. The molecule has 0 spiro atoms. The Morgan fingerprint density at radius 3 is 2.82 bits per heavy atom. The molecule has 0 saturated carbocycles. The Morgan fingerprint density at radius 2 is 2.00 bits per heavy atom. The van der Waals surface area contributed by atoms with Gasteiger partial charge in [0.15, 0.2) is 11.5 Å². The van der Waals surface area contributed by atoms with Crippen molar-refractivity contribution >= 4 is 28.8 Å². The van der Waals surface area contributed by atoms with Crippen LogP contribution in [0.4, 0.5) is 5.69 Å². The topological polar surface area (TPSA) is 73.6 Å². The number of benzene rings is 2. The van der Waals surface area contributed by atoms with Crippen LogP contribution in [0.1, 0.15) is 15.9 Å². The molecule has 6 heteroatoms. The van der Waals surface area contributed by atoms with E-state index < -0.39 is 0 Å². The van der Waals surface area contributed by atoms with Crippen LogP contribution in [0.25, 0.3) is 0 Å². The van der Waals surface area contributed by atoms with Gasteiger partial charge in [-0.3, -0.25) is 4.79 Å². The molecule has 0 fully saturated rings. The zero-order valence-corrected chi connectivity index (χ0v) is 12.5. The molecule has 1 heterocycles. The van der Waals surface area contributed by atoms with Gasteiger partial charge in [-0.15, -0.1) is 0 Å². The number of carbonyl (C=O) groups excluding carboxylic acids is 1. The molecule has 0 aromatic heterocycles. The van der Waals surface area contributed by atoms with Crippen LogP contribution in [0.15, 0.2) is 42.5 Å². The number of fused-ring (bicyclic) bond motifs is 1. The van der Waals surface area contributed by atoms with Gasteiger partial charge in [-0.1, -0.05) is 24.4 Å². The molecular formula is C16H14N2O3S. The summed E-state index contributed by atoms with van der Waals surface area (Å²) in [6, 6.07) is 12.5. The summed E-state index contributed by atoms with van der Waals surface area (Å²) in [5.41, 5.74) is 7.63.